The molecule has 0 aromatic rings. The second kappa shape index (κ2) is 8.02. The first-order valence-electron chi connectivity index (χ1n) is 7.11. The van der Waals surface area contributed by atoms with Crippen molar-refractivity contribution in [1.82, 2.24) is 5.32 Å². The predicted molar refractivity (Wildman–Crippen MR) is 79.8 cm³/mol. The number of unbranched alkanes of at least 4 members (excludes halogenated alkanes) is 1. The zero-order valence-electron chi connectivity index (χ0n) is 11.8. The van der Waals surface area contributed by atoms with E-state index in [-0.39, 0.29) is 0 Å². The van der Waals surface area contributed by atoms with Crippen molar-refractivity contribution in [2.45, 2.75) is 59.4 Å². The maximum atomic E-state index is 4.75. The molecule has 0 aromatic heterocycles. The molecule has 0 bridgehead atoms. The van der Waals surface area contributed by atoms with Crippen LogP contribution in [0.1, 0.15) is 53.4 Å². The number of nitrogens with one attached hydrogen (secondary N) is 1. The lowest BCUT2D eigenvalue weighted by Crippen LogP contribution is -2.31. The number of hydrogen-bond acceptors (Lipinski definition) is 2. The first-order chi connectivity index (χ1) is 8.17. The number of rotatable bonds is 7. The average Bonchev–Trinajstić information content (AvgIpc) is 2.78. The highest BCUT2D eigenvalue weighted by molar-refractivity contribution is 8.14. The summed E-state index contributed by atoms with van der Waals surface area (Å²) in [6.45, 7) is 10.1. The van der Waals surface area contributed by atoms with Crippen molar-refractivity contribution in [2.75, 3.05) is 12.3 Å². The molecule has 2 unspecified atom stereocenters. The highest BCUT2D eigenvalue weighted by atomic mass is 32.2. The fourth-order valence-electron chi connectivity index (χ4n) is 1.99. The zero-order chi connectivity index (χ0) is 12.7. The minimum Gasteiger partial charge on any atom is -0.361 e. The van der Waals surface area contributed by atoms with Gasteiger partial charge in [-0.2, -0.15) is 0 Å². The van der Waals surface area contributed by atoms with Gasteiger partial charge in [0.05, 0.1) is 0 Å². The fraction of sp³-hybridized carbons (Fsp3) is 0.929. The zero-order valence-corrected chi connectivity index (χ0v) is 12.6. The maximum Gasteiger partial charge on any atom is 0.156 e. The second-order valence-corrected chi connectivity index (χ2v) is 6.38. The molecule has 2 nitrogen and oxygen atoms in total. The number of amidine groups is 1. The topological polar surface area (TPSA) is 24.4 Å². The molecular weight excluding hydrogens is 228 g/mol. The van der Waals surface area contributed by atoms with Crippen molar-refractivity contribution in [3.63, 3.8) is 0 Å². The van der Waals surface area contributed by atoms with Crippen molar-refractivity contribution < 1.29 is 0 Å². The van der Waals surface area contributed by atoms with Gasteiger partial charge in [0.1, 0.15) is 0 Å². The molecule has 1 saturated heterocycles. The standard InChI is InChI=1S/C14H28N2S/c1-5-7-8-12(6-2)9-15-14-16-13(10-17-14)11(3)4/h11-13H,5-10H2,1-4H3,(H,15,16). The van der Waals surface area contributed by atoms with Crippen molar-refractivity contribution in [2.24, 2.45) is 16.8 Å². The number of thioether (sulfide) groups is 1. The van der Waals surface area contributed by atoms with Gasteiger partial charge in [-0.3, -0.25) is 4.99 Å². The van der Waals surface area contributed by atoms with Gasteiger partial charge in [0.25, 0.3) is 0 Å². The van der Waals surface area contributed by atoms with Gasteiger partial charge >= 0.3 is 0 Å². The Balaban J connectivity index is 2.32. The lowest BCUT2D eigenvalue weighted by Gasteiger charge is -2.14. The molecule has 1 N–H and O–H groups in total. The van der Waals surface area contributed by atoms with Gasteiger partial charge < -0.3 is 5.32 Å². The summed E-state index contributed by atoms with van der Waals surface area (Å²) in [5, 5.41) is 4.72. The third-order valence-corrected chi connectivity index (χ3v) is 4.60. The molecule has 100 valence electrons. The van der Waals surface area contributed by atoms with Crippen LogP contribution in [0.2, 0.25) is 0 Å². The van der Waals surface area contributed by atoms with E-state index in [1.807, 2.05) is 11.8 Å². The summed E-state index contributed by atoms with van der Waals surface area (Å²) in [7, 11) is 0. The van der Waals surface area contributed by atoms with Gasteiger partial charge in [0.2, 0.25) is 0 Å². The van der Waals surface area contributed by atoms with Gasteiger partial charge in [-0.1, -0.05) is 58.7 Å². The fourth-order valence-corrected chi connectivity index (χ4v) is 3.20. The molecular formula is C14H28N2S. The molecule has 0 aliphatic carbocycles. The van der Waals surface area contributed by atoms with E-state index in [1.54, 1.807) is 0 Å². The summed E-state index contributed by atoms with van der Waals surface area (Å²) >= 11 is 1.89. The third-order valence-electron chi connectivity index (χ3n) is 3.55. The Morgan fingerprint density at radius 3 is 2.71 bits per heavy atom. The SMILES string of the molecule is CCCCC(CC)CN=C1NC(C(C)C)CS1. The Morgan fingerprint density at radius 2 is 2.18 bits per heavy atom. The number of nitrogens with zero attached hydrogens (tertiary/aromatic N) is 1. The van der Waals surface area contributed by atoms with Crippen LogP contribution in [-0.2, 0) is 0 Å². The van der Waals surface area contributed by atoms with E-state index in [0.29, 0.717) is 12.0 Å². The van der Waals surface area contributed by atoms with E-state index in [2.05, 4.69) is 33.0 Å². The minimum absolute atomic E-state index is 0.620. The molecule has 1 aliphatic rings. The molecule has 1 fully saturated rings. The summed E-state index contributed by atoms with van der Waals surface area (Å²) in [4.78, 5) is 4.75. The predicted octanol–water partition coefficient (Wildman–Crippen LogP) is 3.92. The number of hydrogen-bond donors (Lipinski definition) is 1. The monoisotopic (exact) mass is 256 g/mol. The van der Waals surface area contributed by atoms with Crippen LogP contribution in [0.15, 0.2) is 4.99 Å². The lowest BCUT2D eigenvalue weighted by atomic mass is 10.00. The third kappa shape index (κ3) is 5.33. The highest BCUT2D eigenvalue weighted by Crippen LogP contribution is 2.20. The van der Waals surface area contributed by atoms with Crippen LogP contribution >= 0.6 is 11.8 Å². The quantitative estimate of drug-likeness (QED) is 0.746. The average molecular weight is 256 g/mol. The summed E-state index contributed by atoms with van der Waals surface area (Å²) in [5.41, 5.74) is 0. The molecule has 3 heteroatoms. The molecule has 2 atom stereocenters. The van der Waals surface area contributed by atoms with Gasteiger partial charge in [-0.15, -0.1) is 0 Å². The van der Waals surface area contributed by atoms with E-state index >= 15 is 0 Å². The van der Waals surface area contributed by atoms with Gasteiger partial charge in [-0.05, 0) is 18.3 Å². The van der Waals surface area contributed by atoms with Crippen LogP contribution in [0.5, 0.6) is 0 Å². The smallest absolute Gasteiger partial charge is 0.156 e. The molecule has 0 radical (unpaired) electrons. The Morgan fingerprint density at radius 1 is 1.41 bits per heavy atom. The molecule has 1 heterocycles. The van der Waals surface area contributed by atoms with E-state index in [4.69, 9.17) is 4.99 Å². The van der Waals surface area contributed by atoms with Crippen LogP contribution in [0.25, 0.3) is 0 Å². The van der Waals surface area contributed by atoms with Gasteiger partial charge in [0.15, 0.2) is 5.17 Å². The van der Waals surface area contributed by atoms with Gasteiger partial charge in [0, 0.05) is 18.3 Å². The normalized spacial score (nSPS) is 24.3. The minimum atomic E-state index is 0.620. The van der Waals surface area contributed by atoms with Crippen LogP contribution in [-0.4, -0.2) is 23.5 Å². The molecule has 0 spiro atoms. The Kier molecular flexibility index (Phi) is 7.02. The molecule has 0 saturated carbocycles. The van der Waals surface area contributed by atoms with Crippen LogP contribution in [0.4, 0.5) is 0 Å². The van der Waals surface area contributed by atoms with E-state index in [1.165, 1.54) is 36.6 Å². The lowest BCUT2D eigenvalue weighted by molar-refractivity contribution is 0.460. The summed E-state index contributed by atoms with van der Waals surface area (Å²) in [6, 6.07) is 0.620. The maximum absolute atomic E-state index is 4.75. The Labute approximate surface area is 111 Å². The van der Waals surface area contributed by atoms with E-state index < -0.39 is 0 Å². The molecule has 1 rings (SSSR count). The van der Waals surface area contributed by atoms with Crippen LogP contribution < -0.4 is 5.32 Å². The van der Waals surface area contributed by atoms with E-state index in [0.717, 1.165) is 12.5 Å². The largest absolute Gasteiger partial charge is 0.361 e. The Hall–Kier alpha value is -0.180. The van der Waals surface area contributed by atoms with Crippen molar-refractivity contribution >= 4 is 16.9 Å². The molecule has 17 heavy (non-hydrogen) atoms. The second-order valence-electron chi connectivity index (χ2n) is 5.37. The molecule has 0 amide bonds. The molecule has 0 aromatic carbocycles. The Bertz CT molecular complexity index is 238. The van der Waals surface area contributed by atoms with Crippen LogP contribution in [0.3, 0.4) is 0 Å². The van der Waals surface area contributed by atoms with Crippen molar-refractivity contribution in [3.8, 4) is 0 Å². The van der Waals surface area contributed by atoms with Crippen LogP contribution in [0, 0.1) is 11.8 Å². The first-order valence-corrected chi connectivity index (χ1v) is 8.09. The highest BCUT2D eigenvalue weighted by Gasteiger charge is 2.22. The summed E-state index contributed by atoms with van der Waals surface area (Å²) < 4.78 is 0. The summed E-state index contributed by atoms with van der Waals surface area (Å²) in [6.07, 6.45) is 5.24. The first kappa shape index (κ1) is 14.9. The summed E-state index contributed by atoms with van der Waals surface area (Å²) in [5.74, 6) is 2.67. The van der Waals surface area contributed by atoms with E-state index in [9.17, 15) is 0 Å². The van der Waals surface area contributed by atoms with Crippen molar-refractivity contribution in [1.29, 1.82) is 0 Å². The number of aliphatic imine (C=N–C) groups is 1. The van der Waals surface area contributed by atoms with Crippen molar-refractivity contribution in [3.05, 3.63) is 0 Å². The van der Waals surface area contributed by atoms with Gasteiger partial charge in [-0.25, -0.2) is 0 Å². The molecule has 1 aliphatic heterocycles.